The van der Waals surface area contributed by atoms with Gasteiger partial charge in [0, 0.05) is 6.04 Å². The first-order valence-electron chi connectivity index (χ1n) is 8.44. The predicted octanol–water partition coefficient (Wildman–Crippen LogP) is 3.76. The van der Waals surface area contributed by atoms with Crippen molar-refractivity contribution in [2.75, 3.05) is 7.11 Å². The monoisotopic (exact) mass is 359 g/mol. The van der Waals surface area contributed by atoms with Crippen molar-refractivity contribution in [3.8, 4) is 5.75 Å². The number of alkyl carbamates (subject to hydrolysis) is 1. The van der Waals surface area contributed by atoms with E-state index in [1.54, 1.807) is 27.9 Å². The number of benzene rings is 2. The molecule has 0 saturated carbocycles. The summed E-state index contributed by atoms with van der Waals surface area (Å²) in [5, 5.41) is 13.8. The van der Waals surface area contributed by atoms with E-state index in [2.05, 4.69) is 5.32 Å². The Labute approximate surface area is 153 Å². The minimum absolute atomic E-state index is 0.185. The number of carboxylic acids is 1. The summed E-state index contributed by atoms with van der Waals surface area (Å²) < 4.78 is 10.5. The van der Waals surface area contributed by atoms with Crippen molar-refractivity contribution in [3.63, 3.8) is 0 Å². The van der Waals surface area contributed by atoms with Crippen molar-refractivity contribution in [1.82, 2.24) is 5.32 Å². The predicted molar refractivity (Wildman–Crippen MR) is 99.6 cm³/mol. The average molecular weight is 359 g/mol. The van der Waals surface area contributed by atoms with Crippen molar-refractivity contribution in [3.05, 3.63) is 42.0 Å². The minimum Gasteiger partial charge on any atom is -0.497 e. The maximum Gasteiger partial charge on any atom is 0.407 e. The Bertz CT molecular complexity index is 794. The lowest BCUT2D eigenvalue weighted by molar-refractivity contribution is -0.137. The molecule has 2 rings (SSSR count). The lowest BCUT2D eigenvalue weighted by atomic mass is 10.00. The van der Waals surface area contributed by atoms with Crippen LogP contribution in [0.25, 0.3) is 10.8 Å². The number of rotatable bonds is 6. The number of ether oxygens (including phenoxy) is 2. The third-order valence-corrected chi connectivity index (χ3v) is 3.74. The van der Waals surface area contributed by atoms with E-state index in [4.69, 9.17) is 14.6 Å². The van der Waals surface area contributed by atoms with E-state index >= 15 is 0 Å². The summed E-state index contributed by atoms with van der Waals surface area (Å²) in [6.07, 6.45) is -0.417. The Kier molecular flexibility index (Phi) is 6.08. The molecule has 1 unspecified atom stereocenters. The number of fused-ring (bicyclic) bond motifs is 1. The van der Waals surface area contributed by atoms with E-state index in [1.165, 1.54) is 0 Å². The fourth-order valence-corrected chi connectivity index (χ4v) is 2.67. The van der Waals surface area contributed by atoms with Crippen LogP contribution in [-0.4, -0.2) is 35.9 Å². The van der Waals surface area contributed by atoms with Crippen LogP contribution in [0.4, 0.5) is 4.79 Å². The van der Waals surface area contributed by atoms with Gasteiger partial charge in [-0.3, -0.25) is 4.79 Å². The number of aliphatic carboxylic acids is 1. The number of carbonyl (C=O) groups is 2. The highest BCUT2D eigenvalue weighted by atomic mass is 16.6. The van der Waals surface area contributed by atoms with Crippen LogP contribution in [-0.2, 0) is 16.0 Å². The normalized spacial score (nSPS) is 12.5. The van der Waals surface area contributed by atoms with E-state index in [0.717, 1.165) is 22.1 Å². The van der Waals surface area contributed by atoms with E-state index in [-0.39, 0.29) is 6.42 Å². The van der Waals surface area contributed by atoms with Crippen molar-refractivity contribution < 1.29 is 24.2 Å². The summed E-state index contributed by atoms with van der Waals surface area (Å²) in [5.41, 5.74) is 0.283. The van der Waals surface area contributed by atoms with Crippen LogP contribution in [0.3, 0.4) is 0 Å². The van der Waals surface area contributed by atoms with Crippen LogP contribution in [0.1, 0.15) is 32.8 Å². The molecule has 0 saturated heterocycles. The molecule has 0 aliphatic carbocycles. The maximum atomic E-state index is 12.0. The largest absolute Gasteiger partial charge is 0.497 e. The number of hydrogen-bond acceptors (Lipinski definition) is 4. The fraction of sp³-hybridized carbons (Fsp3) is 0.400. The summed E-state index contributed by atoms with van der Waals surface area (Å²) in [4.78, 5) is 23.1. The van der Waals surface area contributed by atoms with Gasteiger partial charge in [-0.15, -0.1) is 0 Å². The van der Waals surface area contributed by atoms with Gasteiger partial charge in [-0.05, 0) is 55.7 Å². The standard InChI is InChI=1S/C20H25NO5/c1-20(2,3)26-19(24)21-16(12-18(22)23)10-13-5-6-14-7-8-17(25-4)11-15(14)9-13/h5-9,11,16H,10,12H2,1-4H3,(H,21,24)(H,22,23). The number of amides is 1. The minimum atomic E-state index is -0.978. The molecule has 1 atom stereocenters. The zero-order valence-electron chi connectivity index (χ0n) is 15.5. The van der Waals surface area contributed by atoms with Crippen LogP contribution >= 0.6 is 0 Å². The molecule has 1 amide bonds. The molecule has 0 radical (unpaired) electrons. The zero-order chi connectivity index (χ0) is 19.3. The smallest absolute Gasteiger partial charge is 0.407 e. The summed E-state index contributed by atoms with van der Waals surface area (Å²) in [7, 11) is 1.61. The van der Waals surface area contributed by atoms with Gasteiger partial charge >= 0.3 is 12.1 Å². The van der Waals surface area contributed by atoms with E-state index in [0.29, 0.717) is 6.42 Å². The van der Waals surface area contributed by atoms with E-state index in [1.807, 2.05) is 36.4 Å². The number of carbonyl (C=O) groups excluding carboxylic acids is 1. The highest BCUT2D eigenvalue weighted by molar-refractivity contribution is 5.84. The van der Waals surface area contributed by atoms with E-state index < -0.39 is 23.7 Å². The van der Waals surface area contributed by atoms with Gasteiger partial charge in [0.15, 0.2) is 0 Å². The molecule has 0 aromatic heterocycles. The molecule has 140 valence electrons. The molecule has 2 N–H and O–H groups in total. The Morgan fingerprint density at radius 2 is 1.81 bits per heavy atom. The van der Waals surface area contributed by atoms with Crippen molar-refractivity contribution in [2.45, 2.75) is 45.3 Å². The summed E-state index contributed by atoms with van der Waals surface area (Å²) >= 11 is 0. The molecule has 6 nitrogen and oxygen atoms in total. The first-order chi connectivity index (χ1) is 12.2. The Morgan fingerprint density at radius 3 is 2.42 bits per heavy atom. The fourth-order valence-electron chi connectivity index (χ4n) is 2.67. The van der Waals surface area contributed by atoms with Crippen molar-refractivity contribution in [2.24, 2.45) is 0 Å². The highest BCUT2D eigenvalue weighted by Gasteiger charge is 2.21. The third-order valence-electron chi connectivity index (χ3n) is 3.74. The lowest BCUT2D eigenvalue weighted by Crippen LogP contribution is -2.41. The molecule has 2 aromatic carbocycles. The highest BCUT2D eigenvalue weighted by Crippen LogP contribution is 2.22. The van der Waals surface area contributed by atoms with Gasteiger partial charge < -0.3 is 19.9 Å². The van der Waals surface area contributed by atoms with Crippen molar-refractivity contribution >= 4 is 22.8 Å². The van der Waals surface area contributed by atoms with Gasteiger partial charge in [0.2, 0.25) is 0 Å². The van der Waals surface area contributed by atoms with Gasteiger partial charge in [-0.1, -0.05) is 24.3 Å². The van der Waals surface area contributed by atoms with Gasteiger partial charge in [0.05, 0.1) is 13.5 Å². The second-order valence-corrected chi connectivity index (χ2v) is 7.19. The third kappa shape index (κ3) is 5.95. The number of hydrogen-bond donors (Lipinski definition) is 2. The number of nitrogens with one attached hydrogen (secondary N) is 1. The zero-order valence-corrected chi connectivity index (χ0v) is 15.5. The molecule has 26 heavy (non-hydrogen) atoms. The Balaban J connectivity index is 2.17. The lowest BCUT2D eigenvalue weighted by Gasteiger charge is -2.23. The van der Waals surface area contributed by atoms with Crippen LogP contribution in [0.2, 0.25) is 0 Å². The van der Waals surface area contributed by atoms with Crippen LogP contribution in [0.5, 0.6) is 5.75 Å². The first-order valence-corrected chi connectivity index (χ1v) is 8.44. The molecular weight excluding hydrogens is 334 g/mol. The van der Waals surface area contributed by atoms with Crippen LogP contribution in [0.15, 0.2) is 36.4 Å². The Hall–Kier alpha value is -2.76. The molecular formula is C20H25NO5. The SMILES string of the molecule is COc1ccc2ccc(CC(CC(=O)O)NC(=O)OC(C)(C)C)cc2c1. The van der Waals surface area contributed by atoms with Gasteiger partial charge in [-0.2, -0.15) is 0 Å². The van der Waals surface area contributed by atoms with Gasteiger partial charge in [0.1, 0.15) is 11.4 Å². The first kappa shape index (κ1) is 19.6. The van der Waals surface area contributed by atoms with Crippen molar-refractivity contribution in [1.29, 1.82) is 0 Å². The second-order valence-electron chi connectivity index (χ2n) is 7.19. The second kappa shape index (κ2) is 8.08. The quantitative estimate of drug-likeness (QED) is 0.820. The topological polar surface area (TPSA) is 84.9 Å². The Morgan fingerprint density at radius 1 is 1.12 bits per heavy atom. The summed E-state index contributed by atoms with van der Waals surface area (Å²) in [6, 6.07) is 11.1. The van der Waals surface area contributed by atoms with E-state index in [9.17, 15) is 9.59 Å². The van der Waals surface area contributed by atoms with Crippen LogP contribution in [0, 0.1) is 0 Å². The van der Waals surface area contributed by atoms with Gasteiger partial charge in [-0.25, -0.2) is 4.79 Å². The molecule has 0 fully saturated rings. The molecule has 0 spiro atoms. The number of carboxylic acid groups (broad SMARTS) is 1. The average Bonchev–Trinajstić information content (AvgIpc) is 2.51. The summed E-state index contributed by atoms with van der Waals surface area (Å²) in [6.45, 7) is 5.28. The summed E-state index contributed by atoms with van der Waals surface area (Å²) in [5.74, 6) is -0.225. The number of methoxy groups -OCH3 is 1. The molecule has 0 aliphatic heterocycles. The molecule has 0 heterocycles. The van der Waals surface area contributed by atoms with Gasteiger partial charge in [0.25, 0.3) is 0 Å². The maximum absolute atomic E-state index is 12.0. The van der Waals surface area contributed by atoms with Crippen LogP contribution < -0.4 is 10.1 Å². The molecule has 2 aromatic rings. The molecule has 6 heteroatoms. The molecule has 0 bridgehead atoms. The molecule has 0 aliphatic rings.